The molecule has 3 aromatic rings. The van der Waals surface area contributed by atoms with Gasteiger partial charge in [-0.15, -0.1) is 0 Å². The van der Waals surface area contributed by atoms with Crippen molar-refractivity contribution in [3.8, 4) is 11.8 Å². The molecule has 3 heterocycles. The summed E-state index contributed by atoms with van der Waals surface area (Å²) in [6, 6.07) is 9.24. The van der Waals surface area contributed by atoms with E-state index in [9.17, 15) is 8.42 Å². The van der Waals surface area contributed by atoms with Crippen LogP contribution in [0, 0.1) is 25.7 Å². The first-order chi connectivity index (χ1) is 17.8. The molecule has 8 nitrogen and oxygen atoms in total. The lowest BCUT2D eigenvalue weighted by Gasteiger charge is -2.36. The Balaban J connectivity index is 1.41. The minimum absolute atomic E-state index is 0.203. The van der Waals surface area contributed by atoms with Crippen LogP contribution in [0.5, 0.6) is 0 Å². The SMILES string of the molecule is CCc1ncnc(N2CCN(C3CC3)CC2)c1C#Cc1cnc(C)c(NS(=O)(=O)c2ccc(C)cc2)c1. The molecule has 192 valence electrons. The van der Waals surface area contributed by atoms with Crippen LogP contribution in [-0.2, 0) is 16.4 Å². The first-order valence-electron chi connectivity index (χ1n) is 12.7. The Morgan fingerprint density at radius 1 is 1.00 bits per heavy atom. The van der Waals surface area contributed by atoms with Crippen LogP contribution in [0.2, 0.25) is 0 Å². The van der Waals surface area contributed by atoms with Crippen molar-refractivity contribution < 1.29 is 8.42 Å². The summed E-state index contributed by atoms with van der Waals surface area (Å²) >= 11 is 0. The van der Waals surface area contributed by atoms with E-state index >= 15 is 0 Å². The summed E-state index contributed by atoms with van der Waals surface area (Å²) in [5.74, 6) is 7.35. The number of nitrogens with one attached hydrogen (secondary N) is 1. The maximum Gasteiger partial charge on any atom is 0.261 e. The fraction of sp³-hybridized carbons (Fsp3) is 0.393. The van der Waals surface area contributed by atoms with Crippen LogP contribution >= 0.6 is 0 Å². The number of piperazine rings is 1. The van der Waals surface area contributed by atoms with Crippen molar-refractivity contribution in [3.05, 3.63) is 70.9 Å². The molecule has 0 amide bonds. The molecule has 37 heavy (non-hydrogen) atoms. The third kappa shape index (κ3) is 5.76. The highest BCUT2D eigenvalue weighted by Gasteiger charge is 2.32. The van der Waals surface area contributed by atoms with Gasteiger partial charge in [0.2, 0.25) is 0 Å². The van der Waals surface area contributed by atoms with Gasteiger partial charge in [0, 0.05) is 44.0 Å². The zero-order valence-corrected chi connectivity index (χ0v) is 22.3. The number of aryl methyl sites for hydroxylation is 3. The topological polar surface area (TPSA) is 91.3 Å². The van der Waals surface area contributed by atoms with Gasteiger partial charge < -0.3 is 4.90 Å². The van der Waals surface area contributed by atoms with Crippen LogP contribution in [0.1, 0.15) is 47.8 Å². The van der Waals surface area contributed by atoms with Gasteiger partial charge in [-0.05, 0) is 51.3 Å². The van der Waals surface area contributed by atoms with E-state index in [2.05, 4.69) is 48.2 Å². The molecule has 1 saturated carbocycles. The average molecular weight is 517 g/mol. The molecule has 2 aromatic heterocycles. The summed E-state index contributed by atoms with van der Waals surface area (Å²) in [5, 5.41) is 0. The fourth-order valence-corrected chi connectivity index (χ4v) is 5.65. The maximum absolute atomic E-state index is 12.9. The molecule has 1 saturated heterocycles. The number of hydrogen-bond acceptors (Lipinski definition) is 7. The summed E-state index contributed by atoms with van der Waals surface area (Å²) in [5.41, 5.74) is 4.32. The molecular formula is C28H32N6O2S. The molecule has 2 fully saturated rings. The molecule has 2 aliphatic rings. The highest BCUT2D eigenvalue weighted by atomic mass is 32.2. The lowest BCUT2D eigenvalue weighted by atomic mass is 10.1. The molecule has 5 rings (SSSR count). The Kier molecular flexibility index (Phi) is 7.13. The van der Waals surface area contributed by atoms with Crippen LogP contribution < -0.4 is 9.62 Å². The summed E-state index contributed by atoms with van der Waals surface area (Å²) in [4.78, 5) is 18.6. The molecule has 0 bridgehead atoms. The van der Waals surface area contributed by atoms with E-state index in [1.54, 1.807) is 49.8 Å². The van der Waals surface area contributed by atoms with Gasteiger partial charge >= 0.3 is 0 Å². The van der Waals surface area contributed by atoms with Crippen LogP contribution in [0.4, 0.5) is 11.5 Å². The van der Waals surface area contributed by atoms with Gasteiger partial charge in [-0.3, -0.25) is 14.6 Å². The van der Waals surface area contributed by atoms with Gasteiger partial charge in [0.05, 0.1) is 27.5 Å². The highest BCUT2D eigenvalue weighted by Crippen LogP contribution is 2.29. The van der Waals surface area contributed by atoms with E-state index in [-0.39, 0.29) is 4.90 Å². The second-order valence-electron chi connectivity index (χ2n) is 9.65. The molecule has 9 heteroatoms. The molecule has 1 aliphatic carbocycles. The normalized spacial score (nSPS) is 16.2. The molecule has 0 radical (unpaired) electrons. The zero-order chi connectivity index (χ0) is 26.0. The van der Waals surface area contributed by atoms with Crippen molar-refractivity contribution >= 4 is 21.5 Å². The summed E-state index contributed by atoms with van der Waals surface area (Å²) in [6.07, 6.45) is 6.67. The predicted octanol–water partition coefficient (Wildman–Crippen LogP) is 3.54. The lowest BCUT2D eigenvalue weighted by Crippen LogP contribution is -2.47. The van der Waals surface area contributed by atoms with Crippen molar-refractivity contribution in [2.45, 2.75) is 51.0 Å². The van der Waals surface area contributed by atoms with E-state index in [4.69, 9.17) is 0 Å². The number of aromatic nitrogens is 3. The number of nitrogens with zero attached hydrogens (tertiary/aromatic N) is 5. The van der Waals surface area contributed by atoms with Crippen LogP contribution in [-0.4, -0.2) is 60.5 Å². The zero-order valence-electron chi connectivity index (χ0n) is 21.5. The molecule has 1 aliphatic heterocycles. The standard InChI is InChI=1S/C28H32N6O2S/c1-4-26-25(28(31-19-30-26)34-15-13-33(14-16-34)23-8-9-23)12-7-22-17-27(21(3)29-18-22)32-37(35,36)24-10-5-20(2)6-11-24/h5-6,10-11,17-19,23,32H,4,8-9,13-16H2,1-3H3. The second kappa shape index (κ2) is 10.5. The van der Waals surface area contributed by atoms with E-state index < -0.39 is 10.0 Å². The van der Waals surface area contributed by atoms with Gasteiger partial charge in [0.1, 0.15) is 12.1 Å². The Morgan fingerprint density at radius 2 is 1.73 bits per heavy atom. The summed E-state index contributed by atoms with van der Waals surface area (Å²) < 4.78 is 28.5. The molecule has 1 aromatic carbocycles. The third-order valence-electron chi connectivity index (χ3n) is 6.91. The van der Waals surface area contributed by atoms with Crippen molar-refractivity contribution in [3.63, 3.8) is 0 Å². The van der Waals surface area contributed by atoms with Crippen molar-refractivity contribution in [1.29, 1.82) is 0 Å². The van der Waals surface area contributed by atoms with Gasteiger partial charge in [0.25, 0.3) is 10.0 Å². The Bertz CT molecular complexity index is 1450. The number of rotatable bonds is 6. The van der Waals surface area contributed by atoms with Gasteiger partial charge in [0.15, 0.2) is 0 Å². The summed E-state index contributed by atoms with van der Waals surface area (Å²) in [6.45, 7) is 9.66. The smallest absolute Gasteiger partial charge is 0.261 e. The van der Waals surface area contributed by atoms with Crippen LogP contribution in [0.3, 0.4) is 0 Å². The van der Waals surface area contributed by atoms with E-state index in [1.165, 1.54) is 12.8 Å². The average Bonchev–Trinajstić information content (AvgIpc) is 3.75. The number of sulfonamides is 1. The quantitative estimate of drug-likeness (QED) is 0.501. The number of pyridine rings is 1. The minimum atomic E-state index is -3.74. The van der Waals surface area contributed by atoms with E-state index in [1.807, 2.05) is 6.92 Å². The van der Waals surface area contributed by atoms with Crippen LogP contribution in [0.15, 0.2) is 47.8 Å². The van der Waals surface area contributed by atoms with Crippen molar-refractivity contribution in [1.82, 2.24) is 19.9 Å². The van der Waals surface area contributed by atoms with Gasteiger partial charge in [-0.1, -0.05) is 36.5 Å². The third-order valence-corrected chi connectivity index (χ3v) is 8.29. The monoisotopic (exact) mass is 516 g/mol. The predicted molar refractivity (Wildman–Crippen MR) is 145 cm³/mol. The van der Waals surface area contributed by atoms with Crippen molar-refractivity contribution in [2.75, 3.05) is 35.8 Å². The van der Waals surface area contributed by atoms with E-state index in [0.717, 1.165) is 61.3 Å². The lowest BCUT2D eigenvalue weighted by molar-refractivity contribution is 0.247. The highest BCUT2D eigenvalue weighted by molar-refractivity contribution is 7.92. The largest absolute Gasteiger partial charge is 0.353 e. The van der Waals surface area contributed by atoms with Gasteiger partial charge in [-0.25, -0.2) is 18.4 Å². The van der Waals surface area contributed by atoms with Crippen molar-refractivity contribution in [2.24, 2.45) is 0 Å². The number of benzene rings is 1. The molecule has 1 N–H and O–H groups in total. The first kappa shape index (κ1) is 25.2. The second-order valence-corrected chi connectivity index (χ2v) is 11.3. The van der Waals surface area contributed by atoms with E-state index in [0.29, 0.717) is 16.9 Å². The molecule has 0 unspecified atom stereocenters. The minimum Gasteiger partial charge on any atom is -0.353 e. The number of anilines is 2. The fourth-order valence-electron chi connectivity index (χ4n) is 4.55. The molecular weight excluding hydrogens is 484 g/mol. The Morgan fingerprint density at radius 3 is 2.41 bits per heavy atom. The molecule has 0 spiro atoms. The summed E-state index contributed by atoms with van der Waals surface area (Å²) in [7, 11) is -3.74. The maximum atomic E-state index is 12.9. The Labute approximate surface area is 219 Å². The first-order valence-corrected chi connectivity index (χ1v) is 14.2. The number of hydrogen-bond donors (Lipinski definition) is 1. The Hall–Kier alpha value is -3.48. The van der Waals surface area contributed by atoms with Gasteiger partial charge in [-0.2, -0.15) is 0 Å². The van der Waals surface area contributed by atoms with Crippen LogP contribution in [0.25, 0.3) is 0 Å². The molecule has 0 atom stereocenters.